The van der Waals surface area contributed by atoms with Crippen molar-refractivity contribution >= 4 is 17.4 Å². The molecule has 0 aliphatic heterocycles. The maximum absolute atomic E-state index is 8.93. The second kappa shape index (κ2) is 6.58. The first-order valence-electron chi connectivity index (χ1n) is 5.91. The lowest BCUT2D eigenvalue weighted by Gasteiger charge is -2.26. The average Bonchev–Trinajstić information content (AvgIpc) is 2.30. The molecule has 0 bridgehead atoms. The van der Waals surface area contributed by atoms with E-state index in [2.05, 4.69) is 35.1 Å². The molecule has 1 heterocycles. The summed E-state index contributed by atoms with van der Waals surface area (Å²) < 4.78 is 0. The van der Waals surface area contributed by atoms with Gasteiger partial charge in [0, 0.05) is 18.8 Å². The Balaban J connectivity index is 2.91. The molecular formula is C13H19ClN4. The normalized spacial score (nSPS) is 12.6. The molecule has 0 spiro atoms. The van der Waals surface area contributed by atoms with Gasteiger partial charge < -0.3 is 10.2 Å². The van der Waals surface area contributed by atoms with Crippen molar-refractivity contribution in [1.82, 2.24) is 9.88 Å². The molecule has 1 rings (SSSR count). The first-order valence-corrected chi connectivity index (χ1v) is 6.29. The van der Waals surface area contributed by atoms with Gasteiger partial charge in [0.2, 0.25) is 0 Å². The van der Waals surface area contributed by atoms with Gasteiger partial charge >= 0.3 is 0 Å². The molecule has 0 aliphatic carbocycles. The third-order valence-electron chi connectivity index (χ3n) is 2.70. The van der Waals surface area contributed by atoms with Crippen LogP contribution in [0.1, 0.15) is 19.4 Å². The molecule has 1 unspecified atom stereocenters. The number of nitrogens with zero attached hydrogens (tertiary/aromatic N) is 3. The van der Waals surface area contributed by atoms with E-state index in [-0.39, 0.29) is 6.04 Å². The Bertz CT molecular complexity index is 437. The van der Waals surface area contributed by atoms with Gasteiger partial charge in [0.1, 0.15) is 16.9 Å². The summed E-state index contributed by atoms with van der Waals surface area (Å²) in [4.78, 5) is 6.31. The molecule has 1 aromatic rings. The van der Waals surface area contributed by atoms with Crippen molar-refractivity contribution in [3.63, 3.8) is 0 Å². The first-order chi connectivity index (χ1) is 8.45. The van der Waals surface area contributed by atoms with Crippen molar-refractivity contribution in [2.75, 3.05) is 26.0 Å². The number of nitrogens with one attached hydrogen (secondary N) is 1. The number of aromatic nitrogens is 1. The molecule has 0 aromatic carbocycles. The standard InChI is InChI=1S/C13H19ClN4/c1-9(2)11(8-18(3)4)17-13-12(14)10(7-15)5-6-16-13/h5-6,9,11H,8H2,1-4H3,(H,16,17). The van der Waals surface area contributed by atoms with Gasteiger partial charge in [-0.2, -0.15) is 5.26 Å². The van der Waals surface area contributed by atoms with E-state index in [1.54, 1.807) is 12.3 Å². The van der Waals surface area contributed by atoms with Gasteiger partial charge in [-0.3, -0.25) is 0 Å². The molecule has 4 nitrogen and oxygen atoms in total. The Labute approximate surface area is 114 Å². The first kappa shape index (κ1) is 14.7. The molecule has 0 radical (unpaired) electrons. The highest BCUT2D eigenvalue weighted by Gasteiger charge is 2.17. The minimum absolute atomic E-state index is 0.235. The smallest absolute Gasteiger partial charge is 0.146 e. The predicted molar refractivity (Wildman–Crippen MR) is 74.8 cm³/mol. The molecular weight excluding hydrogens is 248 g/mol. The largest absolute Gasteiger partial charge is 0.365 e. The highest BCUT2D eigenvalue weighted by molar-refractivity contribution is 6.34. The summed E-state index contributed by atoms with van der Waals surface area (Å²) >= 11 is 6.13. The van der Waals surface area contributed by atoms with Crippen LogP contribution < -0.4 is 5.32 Å². The Kier molecular flexibility index (Phi) is 5.39. The maximum atomic E-state index is 8.93. The topological polar surface area (TPSA) is 52.0 Å². The van der Waals surface area contributed by atoms with E-state index < -0.39 is 0 Å². The third-order valence-corrected chi connectivity index (χ3v) is 3.08. The third kappa shape index (κ3) is 3.86. The molecule has 98 valence electrons. The summed E-state index contributed by atoms with van der Waals surface area (Å²) in [7, 11) is 4.05. The fraction of sp³-hybridized carbons (Fsp3) is 0.538. The summed E-state index contributed by atoms with van der Waals surface area (Å²) in [6, 6.07) is 3.91. The lowest BCUT2D eigenvalue weighted by molar-refractivity contribution is 0.344. The van der Waals surface area contributed by atoms with Crippen molar-refractivity contribution in [2.45, 2.75) is 19.9 Å². The minimum atomic E-state index is 0.235. The molecule has 0 fully saturated rings. The van der Waals surface area contributed by atoms with Crippen LogP contribution in [0.25, 0.3) is 0 Å². The van der Waals surface area contributed by atoms with Crippen molar-refractivity contribution in [3.8, 4) is 6.07 Å². The van der Waals surface area contributed by atoms with Gasteiger partial charge in [0.05, 0.1) is 5.56 Å². The number of likely N-dealkylation sites (N-methyl/N-ethyl adjacent to an activating group) is 1. The van der Waals surface area contributed by atoms with Crippen LogP contribution >= 0.6 is 11.6 Å². The highest BCUT2D eigenvalue weighted by atomic mass is 35.5. The van der Waals surface area contributed by atoms with E-state index in [1.807, 2.05) is 14.1 Å². The molecule has 0 aliphatic rings. The fourth-order valence-electron chi connectivity index (χ4n) is 1.62. The summed E-state index contributed by atoms with van der Waals surface area (Å²) in [5.74, 6) is 1.02. The van der Waals surface area contributed by atoms with Crippen molar-refractivity contribution in [3.05, 3.63) is 22.8 Å². The summed E-state index contributed by atoms with van der Waals surface area (Å²) in [6.07, 6.45) is 1.60. The monoisotopic (exact) mass is 266 g/mol. The lowest BCUT2D eigenvalue weighted by atomic mass is 10.0. The highest BCUT2D eigenvalue weighted by Crippen LogP contribution is 2.24. The molecule has 18 heavy (non-hydrogen) atoms. The Morgan fingerprint density at radius 2 is 2.17 bits per heavy atom. The van der Waals surface area contributed by atoms with Crippen LogP contribution in [0, 0.1) is 17.2 Å². The predicted octanol–water partition coefficient (Wildman–Crippen LogP) is 2.60. The number of rotatable bonds is 5. The van der Waals surface area contributed by atoms with Crippen LogP contribution in [0.4, 0.5) is 5.82 Å². The zero-order valence-electron chi connectivity index (χ0n) is 11.2. The zero-order chi connectivity index (χ0) is 13.7. The molecule has 5 heteroatoms. The van der Waals surface area contributed by atoms with E-state index in [0.717, 1.165) is 6.54 Å². The fourth-order valence-corrected chi connectivity index (χ4v) is 1.83. The molecule has 1 aromatic heterocycles. The average molecular weight is 267 g/mol. The van der Waals surface area contributed by atoms with Crippen LogP contribution in [0.5, 0.6) is 0 Å². The van der Waals surface area contributed by atoms with Crippen molar-refractivity contribution < 1.29 is 0 Å². The van der Waals surface area contributed by atoms with Gasteiger partial charge in [-0.05, 0) is 26.1 Å². The number of anilines is 1. The SMILES string of the molecule is CC(C)C(CN(C)C)Nc1nccc(C#N)c1Cl. The number of hydrogen-bond acceptors (Lipinski definition) is 4. The van der Waals surface area contributed by atoms with Crippen molar-refractivity contribution in [1.29, 1.82) is 5.26 Å². The van der Waals surface area contributed by atoms with Crippen LogP contribution in [0.15, 0.2) is 12.3 Å². The van der Waals surface area contributed by atoms with Gasteiger partial charge in [-0.25, -0.2) is 4.98 Å². The van der Waals surface area contributed by atoms with E-state index in [9.17, 15) is 0 Å². The van der Waals surface area contributed by atoms with Gasteiger partial charge in [0.25, 0.3) is 0 Å². The van der Waals surface area contributed by atoms with E-state index in [4.69, 9.17) is 16.9 Å². The molecule has 1 N–H and O–H groups in total. The Morgan fingerprint density at radius 1 is 1.50 bits per heavy atom. The van der Waals surface area contributed by atoms with Crippen LogP contribution in [0.2, 0.25) is 5.02 Å². The number of halogens is 1. The number of nitriles is 1. The summed E-state index contributed by atoms with van der Waals surface area (Å²) in [5, 5.41) is 12.6. The van der Waals surface area contributed by atoms with E-state index in [1.165, 1.54) is 0 Å². The lowest BCUT2D eigenvalue weighted by Crippen LogP contribution is -2.36. The van der Waals surface area contributed by atoms with Crippen molar-refractivity contribution in [2.24, 2.45) is 5.92 Å². The Hall–Kier alpha value is -1.31. The second-order valence-corrected chi connectivity index (χ2v) is 5.27. The van der Waals surface area contributed by atoms with Gasteiger partial charge in [-0.1, -0.05) is 25.4 Å². The number of hydrogen-bond donors (Lipinski definition) is 1. The van der Waals surface area contributed by atoms with Crippen LogP contribution in [-0.4, -0.2) is 36.6 Å². The molecule has 0 saturated carbocycles. The minimum Gasteiger partial charge on any atom is -0.365 e. The molecule has 1 atom stereocenters. The van der Waals surface area contributed by atoms with Gasteiger partial charge in [0.15, 0.2) is 0 Å². The van der Waals surface area contributed by atoms with E-state index >= 15 is 0 Å². The molecule has 0 amide bonds. The summed E-state index contributed by atoms with van der Waals surface area (Å²) in [6.45, 7) is 5.17. The quantitative estimate of drug-likeness (QED) is 0.890. The molecule has 0 saturated heterocycles. The second-order valence-electron chi connectivity index (χ2n) is 4.89. The zero-order valence-corrected chi connectivity index (χ0v) is 12.0. The van der Waals surface area contributed by atoms with Gasteiger partial charge in [-0.15, -0.1) is 0 Å². The summed E-state index contributed by atoms with van der Waals surface area (Å²) in [5.41, 5.74) is 0.446. The van der Waals surface area contributed by atoms with Crippen LogP contribution in [-0.2, 0) is 0 Å². The maximum Gasteiger partial charge on any atom is 0.146 e. The van der Waals surface area contributed by atoms with Crippen LogP contribution in [0.3, 0.4) is 0 Å². The number of pyridine rings is 1. The van der Waals surface area contributed by atoms with E-state index in [0.29, 0.717) is 22.3 Å². The Morgan fingerprint density at radius 3 is 2.67 bits per heavy atom.